The Morgan fingerprint density at radius 3 is 2.38 bits per heavy atom. The number of carbonyl (C=O) groups is 2. The van der Waals surface area contributed by atoms with Crippen LogP contribution in [-0.4, -0.2) is 59.6 Å². The zero-order valence-corrected chi connectivity index (χ0v) is 18.3. The standard InChI is InChI=1S/C25H26FN3O3/c1-3-14-32-25(31)29-12-10-28(11-13-29)24(30)19-6-9-21-17(2)15-22(27-23(21)16-19)18-4-7-20(26)8-5-18/h4-9,15-16H,3,10-14H2,1-2H3. The fourth-order valence-corrected chi connectivity index (χ4v) is 3.86. The van der Waals surface area contributed by atoms with Crippen LogP contribution >= 0.6 is 0 Å². The van der Waals surface area contributed by atoms with Crippen LogP contribution in [-0.2, 0) is 4.74 Å². The lowest BCUT2D eigenvalue weighted by Gasteiger charge is -2.34. The molecule has 1 aliphatic heterocycles. The first-order valence-electron chi connectivity index (χ1n) is 10.8. The second-order valence-electron chi connectivity index (χ2n) is 7.96. The lowest BCUT2D eigenvalue weighted by Crippen LogP contribution is -2.50. The maximum atomic E-state index is 13.3. The van der Waals surface area contributed by atoms with Gasteiger partial charge in [-0.05, 0) is 61.4 Å². The van der Waals surface area contributed by atoms with Crippen LogP contribution in [0.4, 0.5) is 9.18 Å². The normalized spacial score (nSPS) is 14.0. The number of amides is 2. The molecule has 0 bridgehead atoms. The summed E-state index contributed by atoms with van der Waals surface area (Å²) in [6.45, 7) is 6.17. The minimum atomic E-state index is -0.322. The third-order valence-corrected chi connectivity index (χ3v) is 5.66. The number of carbonyl (C=O) groups excluding carboxylic acids is 2. The summed E-state index contributed by atoms with van der Waals surface area (Å²) < 4.78 is 18.5. The Morgan fingerprint density at radius 1 is 1.00 bits per heavy atom. The molecule has 1 fully saturated rings. The Balaban J connectivity index is 1.52. The largest absolute Gasteiger partial charge is 0.449 e. The molecular formula is C25H26FN3O3. The van der Waals surface area contributed by atoms with E-state index >= 15 is 0 Å². The Morgan fingerprint density at radius 2 is 1.69 bits per heavy atom. The van der Waals surface area contributed by atoms with Gasteiger partial charge in [-0.3, -0.25) is 4.79 Å². The predicted molar refractivity (Wildman–Crippen MR) is 121 cm³/mol. The second-order valence-corrected chi connectivity index (χ2v) is 7.96. The fourth-order valence-electron chi connectivity index (χ4n) is 3.86. The van der Waals surface area contributed by atoms with Gasteiger partial charge in [0.15, 0.2) is 0 Å². The minimum absolute atomic E-state index is 0.0832. The summed E-state index contributed by atoms with van der Waals surface area (Å²) in [5.74, 6) is -0.377. The summed E-state index contributed by atoms with van der Waals surface area (Å²) >= 11 is 0. The van der Waals surface area contributed by atoms with Gasteiger partial charge in [0.05, 0.1) is 17.8 Å². The number of benzene rings is 2. The van der Waals surface area contributed by atoms with E-state index in [1.54, 1.807) is 28.0 Å². The van der Waals surface area contributed by atoms with Gasteiger partial charge in [-0.15, -0.1) is 0 Å². The van der Waals surface area contributed by atoms with Gasteiger partial charge < -0.3 is 14.5 Å². The molecule has 2 heterocycles. The summed E-state index contributed by atoms with van der Waals surface area (Å²) in [5, 5.41) is 0.968. The maximum Gasteiger partial charge on any atom is 0.409 e. The number of pyridine rings is 1. The average Bonchev–Trinajstić information content (AvgIpc) is 2.82. The van der Waals surface area contributed by atoms with Crippen molar-refractivity contribution in [2.45, 2.75) is 20.3 Å². The molecule has 1 aliphatic rings. The van der Waals surface area contributed by atoms with E-state index in [4.69, 9.17) is 9.72 Å². The zero-order valence-electron chi connectivity index (χ0n) is 18.3. The van der Waals surface area contributed by atoms with Crippen molar-refractivity contribution in [2.24, 2.45) is 0 Å². The molecular weight excluding hydrogens is 409 g/mol. The molecule has 7 heteroatoms. The minimum Gasteiger partial charge on any atom is -0.449 e. The molecule has 2 aromatic carbocycles. The van der Waals surface area contributed by atoms with E-state index in [-0.39, 0.29) is 17.8 Å². The van der Waals surface area contributed by atoms with Gasteiger partial charge in [-0.1, -0.05) is 13.0 Å². The quantitative estimate of drug-likeness (QED) is 0.598. The van der Waals surface area contributed by atoms with E-state index in [1.807, 2.05) is 32.0 Å². The van der Waals surface area contributed by atoms with Crippen LogP contribution in [0.1, 0.15) is 29.3 Å². The second kappa shape index (κ2) is 9.34. The molecule has 4 rings (SSSR count). The van der Waals surface area contributed by atoms with Crippen molar-refractivity contribution in [1.29, 1.82) is 0 Å². The van der Waals surface area contributed by atoms with Gasteiger partial charge in [-0.25, -0.2) is 14.2 Å². The highest BCUT2D eigenvalue weighted by atomic mass is 19.1. The van der Waals surface area contributed by atoms with Gasteiger partial charge in [-0.2, -0.15) is 0 Å². The molecule has 0 aliphatic carbocycles. The molecule has 1 saturated heterocycles. The number of piperazine rings is 1. The van der Waals surface area contributed by atoms with Gasteiger partial charge in [0.1, 0.15) is 5.82 Å². The molecule has 0 atom stereocenters. The molecule has 0 N–H and O–H groups in total. The third-order valence-electron chi connectivity index (χ3n) is 5.66. The average molecular weight is 435 g/mol. The molecule has 32 heavy (non-hydrogen) atoms. The molecule has 1 aromatic heterocycles. The van der Waals surface area contributed by atoms with Crippen LogP contribution < -0.4 is 0 Å². The van der Waals surface area contributed by atoms with E-state index in [9.17, 15) is 14.0 Å². The summed E-state index contributed by atoms with van der Waals surface area (Å²) in [5.41, 5.74) is 3.87. The summed E-state index contributed by atoms with van der Waals surface area (Å²) in [6, 6.07) is 13.7. The fraction of sp³-hybridized carbons (Fsp3) is 0.320. The van der Waals surface area contributed by atoms with Crippen LogP contribution in [0.3, 0.4) is 0 Å². The molecule has 0 spiro atoms. The number of ether oxygens (including phenoxy) is 1. The number of rotatable bonds is 4. The van der Waals surface area contributed by atoms with Crippen molar-refractivity contribution in [2.75, 3.05) is 32.8 Å². The number of fused-ring (bicyclic) bond motifs is 1. The number of halogens is 1. The number of hydrogen-bond acceptors (Lipinski definition) is 4. The van der Waals surface area contributed by atoms with E-state index in [1.165, 1.54) is 12.1 Å². The van der Waals surface area contributed by atoms with Crippen molar-refractivity contribution in [1.82, 2.24) is 14.8 Å². The SMILES string of the molecule is CCCOC(=O)N1CCN(C(=O)c2ccc3c(C)cc(-c4ccc(F)cc4)nc3c2)CC1. The first kappa shape index (κ1) is 21.7. The van der Waals surface area contributed by atoms with Gasteiger partial charge >= 0.3 is 6.09 Å². The Kier molecular flexibility index (Phi) is 6.35. The molecule has 3 aromatic rings. The van der Waals surface area contributed by atoms with Gasteiger partial charge in [0.2, 0.25) is 0 Å². The smallest absolute Gasteiger partial charge is 0.409 e. The topological polar surface area (TPSA) is 62.7 Å². The van der Waals surface area contributed by atoms with Crippen LogP contribution in [0, 0.1) is 12.7 Å². The van der Waals surface area contributed by atoms with E-state index in [0.29, 0.717) is 38.3 Å². The monoisotopic (exact) mass is 435 g/mol. The summed E-state index contributed by atoms with van der Waals surface area (Å²) in [7, 11) is 0. The highest BCUT2D eigenvalue weighted by molar-refractivity contribution is 5.98. The lowest BCUT2D eigenvalue weighted by atomic mass is 10.0. The summed E-state index contributed by atoms with van der Waals surface area (Å²) in [6.07, 6.45) is 0.459. The predicted octanol–water partition coefficient (Wildman–Crippen LogP) is 4.65. The van der Waals surface area contributed by atoms with Crippen molar-refractivity contribution >= 4 is 22.9 Å². The van der Waals surface area contributed by atoms with Crippen LogP contribution in [0.2, 0.25) is 0 Å². The van der Waals surface area contributed by atoms with E-state index in [2.05, 4.69) is 0 Å². The zero-order chi connectivity index (χ0) is 22.7. The lowest BCUT2D eigenvalue weighted by molar-refractivity contribution is 0.0560. The molecule has 6 nitrogen and oxygen atoms in total. The highest BCUT2D eigenvalue weighted by Gasteiger charge is 2.25. The van der Waals surface area contributed by atoms with Gasteiger partial charge in [0.25, 0.3) is 5.91 Å². The number of hydrogen-bond donors (Lipinski definition) is 0. The van der Waals surface area contributed by atoms with Crippen LogP contribution in [0.5, 0.6) is 0 Å². The van der Waals surface area contributed by atoms with Crippen molar-refractivity contribution in [3.05, 3.63) is 65.5 Å². The van der Waals surface area contributed by atoms with Crippen molar-refractivity contribution in [3.8, 4) is 11.3 Å². The molecule has 166 valence electrons. The molecule has 0 saturated carbocycles. The van der Waals surface area contributed by atoms with Crippen LogP contribution in [0.15, 0.2) is 48.5 Å². The molecule has 0 radical (unpaired) electrons. The Hall–Kier alpha value is -3.48. The van der Waals surface area contributed by atoms with E-state index in [0.717, 1.165) is 34.1 Å². The van der Waals surface area contributed by atoms with Crippen LogP contribution in [0.25, 0.3) is 22.2 Å². The highest BCUT2D eigenvalue weighted by Crippen LogP contribution is 2.26. The number of aryl methyl sites for hydroxylation is 1. The number of aromatic nitrogens is 1. The first-order valence-corrected chi connectivity index (χ1v) is 10.8. The molecule has 0 unspecified atom stereocenters. The van der Waals surface area contributed by atoms with Crippen molar-refractivity contribution < 1.29 is 18.7 Å². The molecule has 2 amide bonds. The first-order chi connectivity index (χ1) is 15.5. The van der Waals surface area contributed by atoms with E-state index < -0.39 is 0 Å². The summed E-state index contributed by atoms with van der Waals surface area (Å²) in [4.78, 5) is 33.2. The van der Waals surface area contributed by atoms with Gasteiger partial charge in [0, 0.05) is 42.7 Å². The third kappa shape index (κ3) is 4.56. The van der Waals surface area contributed by atoms with Crippen molar-refractivity contribution in [3.63, 3.8) is 0 Å². The maximum absolute atomic E-state index is 13.3. The Bertz CT molecular complexity index is 1140. The Labute approximate surface area is 186 Å². The number of nitrogens with zero attached hydrogens (tertiary/aromatic N) is 3.